The molecule has 0 radical (unpaired) electrons. The highest BCUT2D eigenvalue weighted by atomic mass is 15.3. The summed E-state index contributed by atoms with van der Waals surface area (Å²) in [5.41, 5.74) is 0. The van der Waals surface area contributed by atoms with Crippen LogP contribution in [-0.2, 0) is 0 Å². The normalized spacial score (nSPS) is 37.2. The maximum atomic E-state index is 3.60. The monoisotopic (exact) mass is 239 g/mol. The lowest BCUT2D eigenvalue weighted by Gasteiger charge is -2.45. The average Bonchev–Trinajstić information content (AvgIpc) is 2.31. The molecule has 1 atom stereocenters. The number of nitrogens with zero attached hydrogens (tertiary/aromatic N) is 2. The molecule has 0 aromatic rings. The molecule has 1 saturated carbocycles. The SMILES string of the molecule is CCNC1CCC(N2CCN(C)CC2C)CC1. The minimum absolute atomic E-state index is 0.745. The molecule has 3 nitrogen and oxygen atoms in total. The predicted octanol–water partition coefficient (Wildman–Crippen LogP) is 1.54. The molecule has 0 bridgehead atoms. The molecule has 1 heterocycles. The van der Waals surface area contributed by atoms with Crippen LogP contribution in [-0.4, -0.2) is 61.2 Å². The van der Waals surface area contributed by atoms with Crippen molar-refractivity contribution in [2.75, 3.05) is 33.2 Å². The summed E-state index contributed by atoms with van der Waals surface area (Å²) in [6.45, 7) is 9.50. The van der Waals surface area contributed by atoms with Gasteiger partial charge in [-0.05, 0) is 46.2 Å². The summed E-state index contributed by atoms with van der Waals surface area (Å²) in [5.74, 6) is 0. The first-order chi connectivity index (χ1) is 8.20. The summed E-state index contributed by atoms with van der Waals surface area (Å²) in [6, 6.07) is 2.39. The van der Waals surface area contributed by atoms with Crippen molar-refractivity contribution in [2.24, 2.45) is 0 Å². The first kappa shape index (κ1) is 13.3. The van der Waals surface area contributed by atoms with E-state index in [2.05, 4.69) is 36.0 Å². The Morgan fingerprint density at radius 3 is 2.41 bits per heavy atom. The molecule has 100 valence electrons. The van der Waals surface area contributed by atoms with Gasteiger partial charge < -0.3 is 10.2 Å². The Bertz CT molecular complexity index is 224. The molecule has 1 saturated heterocycles. The molecule has 1 aliphatic carbocycles. The van der Waals surface area contributed by atoms with E-state index in [1.54, 1.807) is 0 Å². The van der Waals surface area contributed by atoms with Crippen LogP contribution >= 0.6 is 0 Å². The second-order valence-electron chi connectivity index (χ2n) is 5.91. The molecule has 1 aliphatic heterocycles. The van der Waals surface area contributed by atoms with E-state index < -0.39 is 0 Å². The van der Waals surface area contributed by atoms with Crippen LogP contribution in [0, 0.1) is 0 Å². The minimum atomic E-state index is 0.745. The molecule has 3 heteroatoms. The first-order valence-corrected chi connectivity index (χ1v) is 7.38. The summed E-state index contributed by atoms with van der Waals surface area (Å²) >= 11 is 0. The van der Waals surface area contributed by atoms with Crippen LogP contribution in [0.25, 0.3) is 0 Å². The van der Waals surface area contributed by atoms with E-state index in [1.165, 1.54) is 45.3 Å². The van der Waals surface area contributed by atoms with Crippen LogP contribution in [0.2, 0.25) is 0 Å². The molecule has 1 N–H and O–H groups in total. The molecule has 0 aromatic heterocycles. The zero-order valence-corrected chi connectivity index (χ0v) is 11.8. The molecular formula is C14H29N3. The lowest BCUT2D eigenvalue weighted by molar-refractivity contribution is 0.0418. The summed E-state index contributed by atoms with van der Waals surface area (Å²) in [7, 11) is 2.25. The molecule has 0 aromatic carbocycles. The molecule has 2 fully saturated rings. The Balaban J connectivity index is 1.80. The number of hydrogen-bond donors (Lipinski definition) is 1. The molecule has 0 spiro atoms. The molecular weight excluding hydrogens is 210 g/mol. The minimum Gasteiger partial charge on any atom is -0.314 e. The lowest BCUT2D eigenvalue weighted by Crippen LogP contribution is -2.55. The number of likely N-dealkylation sites (N-methyl/N-ethyl adjacent to an activating group) is 1. The van der Waals surface area contributed by atoms with Crippen molar-refractivity contribution < 1.29 is 0 Å². The van der Waals surface area contributed by atoms with Gasteiger partial charge in [0.1, 0.15) is 0 Å². The fraction of sp³-hybridized carbons (Fsp3) is 1.00. The number of piperazine rings is 1. The summed E-state index contributed by atoms with van der Waals surface area (Å²) in [5, 5.41) is 3.60. The standard InChI is InChI=1S/C14H29N3/c1-4-15-13-5-7-14(8-6-13)17-10-9-16(3)11-12(17)2/h12-15H,4-11H2,1-3H3. The fourth-order valence-corrected chi connectivity index (χ4v) is 3.60. The summed E-state index contributed by atoms with van der Waals surface area (Å²) in [6.07, 6.45) is 5.53. The number of nitrogens with one attached hydrogen (secondary N) is 1. The van der Waals surface area contributed by atoms with Crippen molar-refractivity contribution in [2.45, 2.75) is 57.7 Å². The third-order valence-electron chi connectivity index (χ3n) is 4.54. The topological polar surface area (TPSA) is 18.5 Å². The maximum absolute atomic E-state index is 3.60. The summed E-state index contributed by atoms with van der Waals surface area (Å²) < 4.78 is 0. The van der Waals surface area contributed by atoms with E-state index in [4.69, 9.17) is 0 Å². The Morgan fingerprint density at radius 1 is 1.12 bits per heavy atom. The van der Waals surface area contributed by atoms with E-state index in [0.29, 0.717) is 0 Å². The molecule has 2 aliphatic rings. The Hall–Kier alpha value is -0.120. The van der Waals surface area contributed by atoms with Crippen LogP contribution in [0.5, 0.6) is 0 Å². The van der Waals surface area contributed by atoms with Gasteiger partial charge in [-0.3, -0.25) is 4.90 Å². The van der Waals surface area contributed by atoms with Gasteiger partial charge in [0.05, 0.1) is 0 Å². The van der Waals surface area contributed by atoms with E-state index in [9.17, 15) is 0 Å². The number of hydrogen-bond acceptors (Lipinski definition) is 3. The zero-order chi connectivity index (χ0) is 12.3. The van der Waals surface area contributed by atoms with Crippen molar-refractivity contribution >= 4 is 0 Å². The second-order valence-corrected chi connectivity index (χ2v) is 5.91. The maximum Gasteiger partial charge on any atom is 0.0198 e. The molecule has 0 amide bonds. The van der Waals surface area contributed by atoms with Crippen molar-refractivity contribution in [1.29, 1.82) is 0 Å². The molecule has 17 heavy (non-hydrogen) atoms. The molecule has 2 rings (SSSR count). The van der Waals surface area contributed by atoms with Gasteiger partial charge in [-0.25, -0.2) is 0 Å². The van der Waals surface area contributed by atoms with Gasteiger partial charge >= 0.3 is 0 Å². The van der Waals surface area contributed by atoms with Crippen molar-refractivity contribution in [3.8, 4) is 0 Å². The van der Waals surface area contributed by atoms with E-state index in [1.807, 2.05) is 0 Å². The van der Waals surface area contributed by atoms with E-state index in [-0.39, 0.29) is 0 Å². The highest BCUT2D eigenvalue weighted by Gasteiger charge is 2.30. The Morgan fingerprint density at radius 2 is 1.82 bits per heavy atom. The van der Waals surface area contributed by atoms with Gasteiger partial charge in [-0.1, -0.05) is 6.92 Å². The van der Waals surface area contributed by atoms with Gasteiger partial charge in [0, 0.05) is 37.8 Å². The quantitative estimate of drug-likeness (QED) is 0.806. The lowest BCUT2D eigenvalue weighted by atomic mass is 9.89. The highest BCUT2D eigenvalue weighted by Crippen LogP contribution is 2.26. The van der Waals surface area contributed by atoms with Gasteiger partial charge in [-0.2, -0.15) is 0 Å². The second kappa shape index (κ2) is 6.17. The first-order valence-electron chi connectivity index (χ1n) is 7.38. The van der Waals surface area contributed by atoms with Crippen molar-refractivity contribution in [3.63, 3.8) is 0 Å². The molecule has 1 unspecified atom stereocenters. The predicted molar refractivity (Wildman–Crippen MR) is 73.4 cm³/mol. The van der Waals surface area contributed by atoms with Gasteiger partial charge in [-0.15, -0.1) is 0 Å². The van der Waals surface area contributed by atoms with Crippen molar-refractivity contribution in [1.82, 2.24) is 15.1 Å². The van der Waals surface area contributed by atoms with Gasteiger partial charge in [0.25, 0.3) is 0 Å². The Labute approximate surface area is 107 Å². The van der Waals surface area contributed by atoms with Crippen LogP contribution in [0.15, 0.2) is 0 Å². The average molecular weight is 239 g/mol. The third-order valence-corrected chi connectivity index (χ3v) is 4.54. The van der Waals surface area contributed by atoms with Crippen LogP contribution in [0.1, 0.15) is 39.5 Å². The van der Waals surface area contributed by atoms with Crippen LogP contribution < -0.4 is 5.32 Å². The van der Waals surface area contributed by atoms with Gasteiger partial charge in [0.2, 0.25) is 0 Å². The zero-order valence-electron chi connectivity index (χ0n) is 11.8. The summed E-state index contributed by atoms with van der Waals surface area (Å²) in [4.78, 5) is 5.23. The number of rotatable bonds is 3. The smallest absolute Gasteiger partial charge is 0.0198 e. The van der Waals surface area contributed by atoms with Crippen LogP contribution in [0.4, 0.5) is 0 Å². The van der Waals surface area contributed by atoms with Gasteiger partial charge in [0.15, 0.2) is 0 Å². The van der Waals surface area contributed by atoms with Crippen molar-refractivity contribution in [3.05, 3.63) is 0 Å². The van der Waals surface area contributed by atoms with E-state index in [0.717, 1.165) is 24.7 Å². The fourth-order valence-electron chi connectivity index (χ4n) is 3.60. The highest BCUT2D eigenvalue weighted by molar-refractivity contribution is 4.88. The van der Waals surface area contributed by atoms with Crippen LogP contribution in [0.3, 0.4) is 0 Å². The Kier molecular flexibility index (Phi) is 4.83. The van der Waals surface area contributed by atoms with E-state index >= 15 is 0 Å². The third kappa shape index (κ3) is 3.43. The largest absolute Gasteiger partial charge is 0.314 e.